The summed E-state index contributed by atoms with van der Waals surface area (Å²) in [6.45, 7) is 4.05. The molecule has 0 fully saturated rings. The first-order chi connectivity index (χ1) is 5.07. The molecule has 0 rings (SSSR count). The molecule has 1 radical (unpaired) electrons. The highest BCUT2D eigenvalue weighted by atomic mass is 16.3. The van der Waals surface area contributed by atoms with E-state index >= 15 is 0 Å². The molecule has 0 aliphatic carbocycles. The molecule has 0 aromatic carbocycles. The lowest BCUT2D eigenvalue weighted by atomic mass is 9.99. The Labute approximate surface area is 67.6 Å². The normalized spacial score (nSPS) is 16.5. The maximum Gasteiger partial charge on any atom is 0.201 e. The lowest BCUT2D eigenvalue weighted by Crippen LogP contribution is -2.35. The van der Waals surface area contributed by atoms with Crippen molar-refractivity contribution in [1.82, 2.24) is 0 Å². The minimum absolute atomic E-state index is 0.0217. The quantitative estimate of drug-likeness (QED) is 0.601. The average Bonchev–Trinajstić information content (AvgIpc) is 1.86. The van der Waals surface area contributed by atoms with Gasteiger partial charge in [0.1, 0.15) is 0 Å². The standard InChI is InChI=1S/C8H16NO2/c1-6(2)5-7(9)8(11)3-4-10/h6-8,11H,3,5,9H2,1-2H3. The molecule has 3 nitrogen and oxygen atoms in total. The van der Waals surface area contributed by atoms with Crippen LogP contribution >= 0.6 is 0 Å². The first-order valence-electron chi connectivity index (χ1n) is 3.86. The van der Waals surface area contributed by atoms with Crippen molar-refractivity contribution in [3.05, 3.63) is 0 Å². The predicted molar refractivity (Wildman–Crippen MR) is 43.7 cm³/mol. The first-order valence-corrected chi connectivity index (χ1v) is 3.86. The van der Waals surface area contributed by atoms with Crippen LogP contribution in [0.3, 0.4) is 0 Å². The second-order valence-electron chi connectivity index (χ2n) is 3.21. The molecule has 0 heterocycles. The lowest BCUT2D eigenvalue weighted by Gasteiger charge is -2.17. The summed E-state index contributed by atoms with van der Waals surface area (Å²) in [6.07, 6.45) is 1.68. The van der Waals surface area contributed by atoms with Gasteiger partial charge in [-0.25, -0.2) is 0 Å². The van der Waals surface area contributed by atoms with Crippen molar-refractivity contribution in [3.8, 4) is 0 Å². The Hall–Kier alpha value is -0.410. The molecule has 0 bridgehead atoms. The molecule has 11 heavy (non-hydrogen) atoms. The monoisotopic (exact) mass is 158 g/mol. The molecule has 0 saturated heterocycles. The van der Waals surface area contributed by atoms with E-state index in [9.17, 15) is 9.90 Å². The van der Waals surface area contributed by atoms with Crippen LogP contribution in [0.25, 0.3) is 0 Å². The van der Waals surface area contributed by atoms with Gasteiger partial charge in [0.15, 0.2) is 0 Å². The number of hydrogen-bond donors (Lipinski definition) is 2. The molecule has 3 N–H and O–H groups in total. The Morgan fingerprint density at radius 3 is 2.45 bits per heavy atom. The minimum Gasteiger partial charge on any atom is -0.391 e. The lowest BCUT2D eigenvalue weighted by molar-refractivity contribution is 0.140. The molecule has 2 atom stereocenters. The van der Waals surface area contributed by atoms with E-state index in [0.717, 1.165) is 6.42 Å². The van der Waals surface area contributed by atoms with Crippen LogP contribution in [0.4, 0.5) is 0 Å². The minimum atomic E-state index is -0.727. The molecule has 65 valence electrons. The molecule has 0 aromatic heterocycles. The Morgan fingerprint density at radius 1 is 1.55 bits per heavy atom. The zero-order valence-electron chi connectivity index (χ0n) is 7.08. The number of hydrogen-bond acceptors (Lipinski definition) is 3. The Morgan fingerprint density at radius 2 is 2.09 bits per heavy atom. The van der Waals surface area contributed by atoms with Crippen LogP contribution in [0.15, 0.2) is 0 Å². The summed E-state index contributed by atoms with van der Waals surface area (Å²) in [5.41, 5.74) is 5.58. The molecular weight excluding hydrogens is 142 g/mol. The molecule has 0 amide bonds. The number of carbonyl (C=O) groups excluding carboxylic acids is 1. The Balaban J connectivity index is 3.62. The molecule has 0 spiro atoms. The highest BCUT2D eigenvalue weighted by molar-refractivity contribution is 5.51. The van der Waals surface area contributed by atoms with Gasteiger partial charge in [0.05, 0.1) is 6.10 Å². The van der Waals surface area contributed by atoms with Crippen LogP contribution in [0.1, 0.15) is 26.7 Å². The van der Waals surface area contributed by atoms with Gasteiger partial charge in [-0.3, -0.25) is 4.79 Å². The fourth-order valence-corrected chi connectivity index (χ4v) is 0.938. The van der Waals surface area contributed by atoms with Gasteiger partial charge in [0, 0.05) is 12.5 Å². The van der Waals surface area contributed by atoms with Gasteiger partial charge in [-0.05, 0) is 12.3 Å². The molecular formula is C8H16NO2. The zero-order chi connectivity index (χ0) is 8.85. The van der Waals surface area contributed by atoms with E-state index in [1.807, 2.05) is 13.8 Å². The molecule has 0 saturated carbocycles. The number of rotatable bonds is 5. The van der Waals surface area contributed by atoms with Gasteiger partial charge in [0.2, 0.25) is 6.29 Å². The Bertz CT molecular complexity index is 115. The van der Waals surface area contributed by atoms with Gasteiger partial charge in [0.25, 0.3) is 0 Å². The van der Waals surface area contributed by atoms with Crippen molar-refractivity contribution in [2.24, 2.45) is 11.7 Å². The van der Waals surface area contributed by atoms with Gasteiger partial charge in [-0.2, -0.15) is 0 Å². The van der Waals surface area contributed by atoms with Crippen LogP contribution < -0.4 is 5.73 Å². The van der Waals surface area contributed by atoms with Crippen molar-refractivity contribution in [2.75, 3.05) is 0 Å². The summed E-state index contributed by atoms with van der Waals surface area (Å²) in [5.74, 6) is 0.450. The second kappa shape index (κ2) is 5.27. The van der Waals surface area contributed by atoms with Gasteiger partial charge in [-0.15, -0.1) is 0 Å². The van der Waals surface area contributed by atoms with Gasteiger partial charge in [-0.1, -0.05) is 13.8 Å². The molecule has 2 unspecified atom stereocenters. The molecule has 3 heteroatoms. The summed E-state index contributed by atoms with van der Waals surface area (Å²) in [7, 11) is 0. The predicted octanol–water partition coefficient (Wildman–Crippen LogP) is 0.220. The summed E-state index contributed by atoms with van der Waals surface area (Å²) in [4.78, 5) is 9.86. The second-order valence-corrected chi connectivity index (χ2v) is 3.21. The van der Waals surface area contributed by atoms with Crippen molar-refractivity contribution < 1.29 is 9.90 Å². The maximum absolute atomic E-state index is 9.86. The largest absolute Gasteiger partial charge is 0.391 e. The molecule has 0 aliphatic rings. The van der Waals surface area contributed by atoms with E-state index in [4.69, 9.17) is 5.73 Å². The number of aliphatic hydroxyl groups excluding tert-OH is 1. The van der Waals surface area contributed by atoms with Crippen LogP contribution in [0, 0.1) is 5.92 Å². The number of nitrogens with two attached hydrogens (primary N) is 1. The van der Waals surface area contributed by atoms with Crippen LogP contribution in [-0.4, -0.2) is 23.5 Å². The van der Waals surface area contributed by atoms with Crippen LogP contribution in [0.5, 0.6) is 0 Å². The zero-order valence-corrected chi connectivity index (χ0v) is 7.08. The van der Waals surface area contributed by atoms with Crippen molar-refractivity contribution in [1.29, 1.82) is 0 Å². The summed E-state index contributed by atoms with van der Waals surface area (Å²) in [5, 5.41) is 9.18. The summed E-state index contributed by atoms with van der Waals surface area (Å²) in [6, 6.07) is -0.295. The third kappa shape index (κ3) is 4.93. The van der Waals surface area contributed by atoms with E-state index in [2.05, 4.69) is 0 Å². The molecule has 0 aromatic rings. The topological polar surface area (TPSA) is 63.3 Å². The van der Waals surface area contributed by atoms with E-state index in [1.165, 1.54) is 0 Å². The highest BCUT2D eigenvalue weighted by Gasteiger charge is 2.15. The fourth-order valence-electron chi connectivity index (χ4n) is 0.938. The van der Waals surface area contributed by atoms with Crippen molar-refractivity contribution >= 4 is 6.29 Å². The third-order valence-electron chi connectivity index (χ3n) is 1.53. The first kappa shape index (κ1) is 10.6. The van der Waals surface area contributed by atoms with E-state index in [1.54, 1.807) is 6.29 Å². The smallest absolute Gasteiger partial charge is 0.201 e. The van der Waals surface area contributed by atoms with Crippen LogP contribution in [-0.2, 0) is 4.79 Å². The average molecular weight is 158 g/mol. The van der Waals surface area contributed by atoms with Crippen LogP contribution in [0.2, 0.25) is 0 Å². The summed E-state index contributed by atoms with van der Waals surface area (Å²) < 4.78 is 0. The highest BCUT2D eigenvalue weighted by Crippen LogP contribution is 2.07. The van der Waals surface area contributed by atoms with E-state index in [-0.39, 0.29) is 12.5 Å². The van der Waals surface area contributed by atoms with Gasteiger partial charge >= 0.3 is 0 Å². The van der Waals surface area contributed by atoms with Crippen molar-refractivity contribution in [3.63, 3.8) is 0 Å². The third-order valence-corrected chi connectivity index (χ3v) is 1.53. The molecule has 0 aliphatic heterocycles. The number of aliphatic hydroxyl groups is 1. The maximum atomic E-state index is 9.86. The Kier molecular flexibility index (Phi) is 5.07. The van der Waals surface area contributed by atoms with Gasteiger partial charge < -0.3 is 10.8 Å². The SMILES string of the molecule is CC(C)CC(N)C(O)C[C]=O. The summed E-state index contributed by atoms with van der Waals surface area (Å²) >= 11 is 0. The van der Waals surface area contributed by atoms with E-state index < -0.39 is 6.10 Å². The van der Waals surface area contributed by atoms with Crippen molar-refractivity contribution in [2.45, 2.75) is 38.8 Å². The fraction of sp³-hybridized carbons (Fsp3) is 0.875. The van der Waals surface area contributed by atoms with E-state index in [0.29, 0.717) is 5.92 Å².